The van der Waals surface area contributed by atoms with Gasteiger partial charge in [-0.05, 0) is 61.7 Å². The normalized spacial score (nSPS) is 11.1. The highest BCUT2D eigenvalue weighted by molar-refractivity contribution is 7.98. The lowest BCUT2D eigenvalue weighted by Crippen LogP contribution is -1.98. The van der Waals surface area contributed by atoms with Crippen molar-refractivity contribution in [2.75, 3.05) is 6.26 Å². The Bertz CT molecular complexity index is 1120. The molecule has 0 saturated carbocycles. The molecule has 0 atom stereocenters. The van der Waals surface area contributed by atoms with Crippen LogP contribution in [0, 0.1) is 6.92 Å². The van der Waals surface area contributed by atoms with E-state index in [-0.39, 0.29) is 0 Å². The molecule has 27 heavy (non-hydrogen) atoms. The van der Waals surface area contributed by atoms with Crippen LogP contribution >= 0.6 is 35.0 Å². The van der Waals surface area contributed by atoms with Gasteiger partial charge in [-0.2, -0.15) is 0 Å². The predicted octanol–water partition coefficient (Wildman–Crippen LogP) is 7.15. The Morgan fingerprint density at radius 1 is 0.926 bits per heavy atom. The molecule has 1 aromatic heterocycles. The molecule has 4 aromatic rings. The minimum Gasteiger partial charge on any atom is -0.457 e. The Morgan fingerprint density at radius 3 is 2.41 bits per heavy atom. The Balaban J connectivity index is 1.77. The monoisotopic (exact) mass is 414 g/mol. The molecule has 0 unspecified atom stereocenters. The van der Waals surface area contributed by atoms with E-state index < -0.39 is 0 Å². The van der Waals surface area contributed by atoms with Gasteiger partial charge in [0.1, 0.15) is 22.8 Å². The third kappa shape index (κ3) is 3.53. The molecule has 0 spiro atoms. The van der Waals surface area contributed by atoms with E-state index in [9.17, 15) is 0 Å². The van der Waals surface area contributed by atoms with Gasteiger partial charge in [-0.15, -0.1) is 11.8 Å². The van der Waals surface area contributed by atoms with E-state index in [4.69, 9.17) is 27.9 Å². The summed E-state index contributed by atoms with van der Waals surface area (Å²) in [5.41, 5.74) is 2.47. The molecule has 0 saturated heterocycles. The van der Waals surface area contributed by atoms with E-state index in [1.54, 1.807) is 11.8 Å². The third-order valence-corrected chi connectivity index (χ3v) is 5.63. The molecule has 0 aliphatic rings. The van der Waals surface area contributed by atoms with Gasteiger partial charge in [-0.3, -0.25) is 4.57 Å². The molecule has 1 heterocycles. The number of imidazole rings is 1. The summed E-state index contributed by atoms with van der Waals surface area (Å²) in [7, 11) is 0. The minimum absolute atomic E-state index is 0.613. The van der Waals surface area contributed by atoms with Gasteiger partial charge < -0.3 is 4.74 Å². The van der Waals surface area contributed by atoms with E-state index in [1.165, 1.54) is 4.90 Å². The van der Waals surface area contributed by atoms with Crippen LogP contribution in [-0.4, -0.2) is 15.8 Å². The van der Waals surface area contributed by atoms with Crippen LogP contribution in [0.25, 0.3) is 16.7 Å². The lowest BCUT2D eigenvalue weighted by Gasteiger charge is -2.12. The van der Waals surface area contributed by atoms with E-state index in [0.717, 1.165) is 28.3 Å². The number of halogens is 2. The van der Waals surface area contributed by atoms with Gasteiger partial charge in [0.25, 0.3) is 0 Å². The van der Waals surface area contributed by atoms with Gasteiger partial charge in [-0.25, -0.2) is 4.98 Å². The first-order valence-electron chi connectivity index (χ1n) is 8.32. The fraction of sp³-hybridized carbons (Fsp3) is 0.0952. The summed E-state index contributed by atoms with van der Waals surface area (Å²) in [4.78, 5) is 5.78. The van der Waals surface area contributed by atoms with Crippen LogP contribution in [0.1, 0.15) is 5.82 Å². The number of nitrogens with zero attached hydrogens (tertiary/aromatic N) is 2. The number of hydrogen-bond acceptors (Lipinski definition) is 3. The Hall–Kier alpha value is -2.14. The van der Waals surface area contributed by atoms with Crippen molar-refractivity contribution < 1.29 is 4.74 Å². The van der Waals surface area contributed by atoms with Crippen LogP contribution < -0.4 is 4.74 Å². The highest BCUT2D eigenvalue weighted by Crippen LogP contribution is 2.33. The number of aryl methyl sites for hydroxylation is 1. The zero-order valence-electron chi connectivity index (χ0n) is 14.7. The minimum atomic E-state index is 0.613. The second-order valence-electron chi connectivity index (χ2n) is 5.99. The van der Waals surface area contributed by atoms with Crippen molar-refractivity contribution in [1.29, 1.82) is 0 Å². The van der Waals surface area contributed by atoms with Crippen LogP contribution in [0.5, 0.6) is 11.5 Å². The molecule has 0 aliphatic heterocycles. The zero-order chi connectivity index (χ0) is 19.0. The fourth-order valence-electron chi connectivity index (χ4n) is 2.99. The summed E-state index contributed by atoms with van der Waals surface area (Å²) in [5.74, 6) is 2.28. The smallest absolute Gasteiger partial charge is 0.129 e. The van der Waals surface area contributed by atoms with Crippen LogP contribution in [-0.2, 0) is 0 Å². The average molecular weight is 415 g/mol. The first-order chi connectivity index (χ1) is 13.1. The molecule has 136 valence electrons. The van der Waals surface area contributed by atoms with Crippen LogP contribution in [0.3, 0.4) is 0 Å². The molecule has 0 N–H and O–H groups in total. The maximum Gasteiger partial charge on any atom is 0.129 e. The summed E-state index contributed by atoms with van der Waals surface area (Å²) >= 11 is 14.5. The lowest BCUT2D eigenvalue weighted by molar-refractivity contribution is 0.482. The van der Waals surface area contributed by atoms with Gasteiger partial charge in [-0.1, -0.05) is 29.3 Å². The number of ether oxygens (including phenoxy) is 1. The second kappa shape index (κ2) is 7.47. The van der Waals surface area contributed by atoms with Crippen molar-refractivity contribution in [2.45, 2.75) is 11.8 Å². The predicted molar refractivity (Wildman–Crippen MR) is 114 cm³/mol. The molecule has 0 amide bonds. The molecule has 0 aliphatic carbocycles. The molecule has 3 nitrogen and oxygen atoms in total. The van der Waals surface area contributed by atoms with Crippen molar-refractivity contribution >= 4 is 46.0 Å². The fourth-order valence-corrected chi connectivity index (χ4v) is 3.81. The van der Waals surface area contributed by atoms with E-state index in [0.29, 0.717) is 15.8 Å². The highest BCUT2D eigenvalue weighted by atomic mass is 35.5. The summed E-state index contributed by atoms with van der Waals surface area (Å²) in [5, 5.41) is 1.23. The number of thioether (sulfide) groups is 1. The Kier molecular flexibility index (Phi) is 5.04. The molecular formula is C21H16Cl2N2OS. The van der Waals surface area contributed by atoms with Crippen LogP contribution in [0.15, 0.2) is 65.6 Å². The molecule has 0 radical (unpaired) electrons. The SMILES string of the molecule is CSc1ccc(Oc2ccc(Cl)c(-n3c(C)nc4c(Cl)cccc43)c2)cc1. The van der Waals surface area contributed by atoms with E-state index in [1.807, 2.05) is 78.4 Å². The van der Waals surface area contributed by atoms with Crippen molar-refractivity contribution in [3.63, 3.8) is 0 Å². The Morgan fingerprint density at radius 2 is 1.67 bits per heavy atom. The highest BCUT2D eigenvalue weighted by Gasteiger charge is 2.15. The number of rotatable bonds is 4. The first kappa shape index (κ1) is 18.2. The van der Waals surface area contributed by atoms with Crippen molar-refractivity contribution in [3.8, 4) is 17.2 Å². The molecular weight excluding hydrogens is 399 g/mol. The van der Waals surface area contributed by atoms with Crippen molar-refractivity contribution in [3.05, 3.63) is 76.5 Å². The van der Waals surface area contributed by atoms with Gasteiger partial charge in [0.05, 0.1) is 21.2 Å². The van der Waals surface area contributed by atoms with Crippen molar-refractivity contribution in [2.24, 2.45) is 0 Å². The zero-order valence-corrected chi connectivity index (χ0v) is 17.1. The van der Waals surface area contributed by atoms with Crippen molar-refractivity contribution in [1.82, 2.24) is 9.55 Å². The number of benzene rings is 3. The number of aromatic nitrogens is 2. The summed E-state index contributed by atoms with van der Waals surface area (Å²) < 4.78 is 8.01. The van der Waals surface area contributed by atoms with Gasteiger partial charge >= 0.3 is 0 Å². The van der Waals surface area contributed by atoms with Gasteiger partial charge in [0.2, 0.25) is 0 Å². The number of hydrogen-bond donors (Lipinski definition) is 0. The average Bonchev–Trinajstić information content (AvgIpc) is 3.01. The number of para-hydroxylation sites is 1. The summed E-state index contributed by atoms with van der Waals surface area (Å²) in [6, 6.07) is 19.3. The standard InChI is InChI=1S/C21H16Cl2N2OS/c1-13-24-21-18(23)4-3-5-19(21)25(13)20-12-15(8-11-17(20)22)26-14-6-9-16(27-2)10-7-14/h3-12H,1-2H3. The van der Waals surface area contributed by atoms with Crippen LogP contribution in [0.2, 0.25) is 10.0 Å². The number of fused-ring (bicyclic) bond motifs is 1. The van der Waals surface area contributed by atoms with E-state index >= 15 is 0 Å². The maximum absolute atomic E-state index is 6.50. The molecule has 4 rings (SSSR count). The molecule has 6 heteroatoms. The Labute approximate surface area is 171 Å². The maximum atomic E-state index is 6.50. The molecule has 3 aromatic carbocycles. The third-order valence-electron chi connectivity index (χ3n) is 4.26. The van der Waals surface area contributed by atoms with E-state index in [2.05, 4.69) is 4.98 Å². The largest absolute Gasteiger partial charge is 0.457 e. The molecule has 0 bridgehead atoms. The van der Waals surface area contributed by atoms with Gasteiger partial charge in [0.15, 0.2) is 0 Å². The lowest BCUT2D eigenvalue weighted by atomic mass is 10.2. The quantitative estimate of drug-likeness (QED) is 0.331. The molecule has 0 fully saturated rings. The van der Waals surface area contributed by atoms with Crippen LogP contribution in [0.4, 0.5) is 0 Å². The second-order valence-corrected chi connectivity index (χ2v) is 7.69. The van der Waals surface area contributed by atoms with Gasteiger partial charge in [0, 0.05) is 11.0 Å². The summed E-state index contributed by atoms with van der Waals surface area (Å²) in [6.07, 6.45) is 2.05. The topological polar surface area (TPSA) is 27.1 Å². The summed E-state index contributed by atoms with van der Waals surface area (Å²) in [6.45, 7) is 1.93. The first-order valence-corrected chi connectivity index (χ1v) is 10.3.